The van der Waals surface area contributed by atoms with Crippen LogP contribution in [0.25, 0.3) is 0 Å². The SMILES string of the molecule is CCCC(C(=O)Nc1ccccc1OC)c1ccccc1. The van der Waals surface area contributed by atoms with Crippen LogP contribution in [0, 0.1) is 0 Å². The van der Waals surface area contributed by atoms with Crippen LogP contribution in [0.2, 0.25) is 0 Å². The van der Waals surface area contributed by atoms with E-state index < -0.39 is 0 Å². The molecule has 0 bridgehead atoms. The zero-order chi connectivity index (χ0) is 15.1. The molecule has 110 valence electrons. The third-order valence-electron chi connectivity index (χ3n) is 3.46. The van der Waals surface area contributed by atoms with Gasteiger partial charge < -0.3 is 10.1 Å². The summed E-state index contributed by atoms with van der Waals surface area (Å²) >= 11 is 0. The lowest BCUT2D eigenvalue weighted by molar-refractivity contribution is -0.117. The molecule has 0 spiro atoms. The summed E-state index contributed by atoms with van der Waals surface area (Å²) in [6.45, 7) is 2.09. The van der Waals surface area contributed by atoms with Crippen LogP contribution in [0.4, 0.5) is 5.69 Å². The molecule has 3 heteroatoms. The van der Waals surface area contributed by atoms with E-state index in [1.54, 1.807) is 7.11 Å². The highest BCUT2D eigenvalue weighted by Crippen LogP contribution is 2.27. The molecule has 2 rings (SSSR count). The van der Waals surface area contributed by atoms with E-state index in [9.17, 15) is 4.79 Å². The minimum absolute atomic E-state index is 0.00699. The first kappa shape index (κ1) is 15.1. The molecule has 0 heterocycles. The average molecular weight is 283 g/mol. The Hall–Kier alpha value is -2.29. The van der Waals surface area contributed by atoms with Gasteiger partial charge in [-0.05, 0) is 24.1 Å². The predicted molar refractivity (Wildman–Crippen MR) is 85.7 cm³/mol. The minimum atomic E-state index is -0.138. The van der Waals surface area contributed by atoms with E-state index in [1.165, 1.54) is 0 Å². The molecule has 1 atom stereocenters. The Bertz CT molecular complexity index is 581. The number of amides is 1. The molecule has 0 saturated carbocycles. The van der Waals surface area contributed by atoms with Gasteiger partial charge in [-0.15, -0.1) is 0 Å². The summed E-state index contributed by atoms with van der Waals surface area (Å²) in [7, 11) is 1.60. The quantitative estimate of drug-likeness (QED) is 0.862. The Morgan fingerprint density at radius 1 is 1.10 bits per heavy atom. The number of carbonyl (C=O) groups excluding carboxylic acids is 1. The van der Waals surface area contributed by atoms with Crippen LogP contribution in [-0.2, 0) is 4.79 Å². The van der Waals surface area contributed by atoms with Gasteiger partial charge in [0.15, 0.2) is 0 Å². The monoisotopic (exact) mass is 283 g/mol. The zero-order valence-corrected chi connectivity index (χ0v) is 12.5. The summed E-state index contributed by atoms with van der Waals surface area (Å²) in [5, 5.41) is 2.98. The summed E-state index contributed by atoms with van der Waals surface area (Å²) < 4.78 is 5.28. The largest absolute Gasteiger partial charge is 0.495 e. The van der Waals surface area contributed by atoms with Crippen LogP contribution in [0.3, 0.4) is 0 Å². The maximum absolute atomic E-state index is 12.6. The Labute approximate surface area is 126 Å². The number of hydrogen-bond acceptors (Lipinski definition) is 2. The van der Waals surface area contributed by atoms with Crippen LogP contribution in [0.1, 0.15) is 31.2 Å². The second-order valence-corrected chi connectivity index (χ2v) is 4.94. The van der Waals surface area contributed by atoms with E-state index in [1.807, 2.05) is 54.6 Å². The summed E-state index contributed by atoms with van der Waals surface area (Å²) in [5.74, 6) is 0.544. The number of ether oxygens (including phenoxy) is 1. The second-order valence-electron chi connectivity index (χ2n) is 4.94. The van der Waals surface area contributed by atoms with Crippen LogP contribution in [0.5, 0.6) is 5.75 Å². The van der Waals surface area contributed by atoms with E-state index in [2.05, 4.69) is 12.2 Å². The van der Waals surface area contributed by atoms with Crippen molar-refractivity contribution in [3.8, 4) is 5.75 Å². The van der Waals surface area contributed by atoms with E-state index >= 15 is 0 Å². The van der Waals surface area contributed by atoms with E-state index in [-0.39, 0.29) is 11.8 Å². The van der Waals surface area contributed by atoms with Crippen molar-refractivity contribution in [2.24, 2.45) is 0 Å². The van der Waals surface area contributed by atoms with Crippen LogP contribution >= 0.6 is 0 Å². The fourth-order valence-electron chi connectivity index (χ4n) is 2.39. The Balaban J connectivity index is 2.19. The molecule has 1 amide bonds. The van der Waals surface area contributed by atoms with Crippen molar-refractivity contribution < 1.29 is 9.53 Å². The zero-order valence-electron chi connectivity index (χ0n) is 12.5. The van der Waals surface area contributed by atoms with Crippen molar-refractivity contribution in [2.45, 2.75) is 25.7 Å². The highest BCUT2D eigenvalue weighted by atomic mass is 16.5. The third kappa shape index (κ3) is 3.85. The molecule has 0 aliphatic rings. The third-order valence-corrected chi connectivity index (χ3v) is 3.46. The second kappa shape index (κ2) is 7.48. The van der Waals surface area contributed by atoms with Gasteiger partial charge in [0.05, 0.1) is 18.7 Å². The molecule has 3 nitrogen and oxygen atoms in total. The minimum Gasteiger partial charge on any atom is -0.495 e. The van der Waals surface area contributed by atoms with E-state index in [0.717, 1.165) is 18.4 Å². The van der Waals surface area contributed by atoms with Gasteiger partial charge >= 0.3 is 0 Å². The van der Waals surface area contributed by atoms with Crippen molar-refractivity contribution in [1.29, 1.82) is 0 Å². The van der Waals surface area contributed by atoms with Gasteiger partial charge in [0.1, 0.15) is 5.75 Å². The number of rotatable bonds is 6. The lowest BCUT2D eigenvalue weighted by atomic mass is 9.93. The molecule has 0 saturated heterocycles. The number of nitrogens with one attached hydrogen (secondary N) is 1. The Morgan fingerprint density at radius 2 is 1.76 bits per heavy atom. The van der Waals surface area contributed by atoms with Crippen molar-refractivity contribution in [3.05, 3.63) is 60.2 Å². The van der Waals surface area contributed by atoms with Gasteiger partial charge in [-0.1, -0.05) is 55.8 Å². The normalized spacial score (nSPS) is 11.7. The molecule has 0 aromatic heterocycles. The van der Waals surface area contributed by atoms with Gasteiger partial charge in [0.2, 0.25) is 5.91 Å². The van der Waals surface area contributed by atoms with Crippen LogP contribution < -0.4 is 10.1 Å². The summed E-state index contributed by atoms with van der Waals surface area (Å²) in [4.78, 5) is 12.6. The van der Waals surface area contributed by atoms with Crippen LogP contribution in [0.15, 0.2) is 54.6 Å². The molecule has 0 fully saturated rings. The number of anilines is 1. The van der Waals surface area contributed by atoms with Crippen molar-refractivity contribution >= 4 is 11.6 Å². The van der Waals surface area contributed by atoms with E-state index in [0.29, 0.717) is 11.4 Å². The van der Waals surface area contributed by atoms with Crippen molar-refractivity contribution in [2.75, 3.05) is 12.4 Å². The molecular weight excluding hydrogens is 262 g/mol. The number of para-hydroxylation sites is 2. The fourth-order valence-corrected chi connectivity index (χ4v) is 2.39. The fraction of sp³-hybridized carbons (Fsp3) is 0.278. The highest BCUT2D eigenvalue weighted by Gasteiger charge is 2.20. The van der Waals surface area contributed by atoms with Gasteiger partial charge in [-0.2, -0.15) is 0 Å². The molecule has 21 heavy (non-hydrogen) atoms. The van der Waals surface area contributed by atoms with Gasteiger partial charge in [-0.25, -0.2) is 0 Å². The molecule has 0 radical (unpaired) electrons. The molecule has 0 aliphatic carbocycles. The molecule has 2 aromatic carbocycles. The summed E-state index contributed by atoms with van der Waals surface area (Å²) in [6.07, 6.45) is 1.78. The number of methoxy groups -OCH3 is 1. The van der Waals surface area contributed by atoms with Crippen LogP contribution in [-0.4, -0.2) is 13.0 Å². The maximum atomic E-state index is 12.6. The first-order chi connectivity index (χ1) is 10.3. The maximum Gasteiger partial charge on any atom is 0.232 e. The molecule has 2 aromatic rings. The first-order valence-corrected chi connectivity index (χ1v) is 7.25. The Morgan fingerprint density at radius 3 is 2.43 bits per heavy atom. The lowest BCUT2D eigenvalue weighted by Crippen LogP contribution is -2.21. The van der Waals surface area contributed by atoms with Crippen molar-refractivity contribution in [3.63, 3.8) is 0 Å². The first-order valence-electron chi connectivity index (χ1n) is 7.25. The summed E-state index contributed by atoms with van der Waals surface area (Å²) in [5.41, 5.74) is 1.76. The average Bonchev–Trinajstić information content (AvgIpc) is 2.53. The van der Waals surface area contributed by atoms with E-state index in [4.69, 9.17) is 4.74 Å². The number of benzene rings is 2. The molecule has 0 aliphatic heterocycles. The summed E-state index contributed by atoms with van der Waals surface area (Å²) in [6, 6.07) is 17.4. The van der Waals surface area contributed by atoms with Gasteiger partial charge in [0, 0.05) is 0 Å². The number of carbonyl (C=O) groups is 1. The molecular formula is C18H21NO2. The van der Waals surface area contributed by atoms with Gasteiger partial charge in [-0.3, -0.25) is 4.79 Å². The number of hydrogen-bond donors (Lipinski definition) is 1. The predicted octanol–water partition coefficient (Wildman–Crippen LogP) is 4.22. The Kier molecular flexibility index (Phi) is 5.38. The highest BCUT2D eigenvalue weighted by molar-refractivity contribution is 5.97. The lowest BCUT2D eigenvalue weighted by Gasteiger charge is -2.17. The smallest absolute Gasteiger partial charge is 0.232 e. The molecule has 1 N–H and O–H groups in total. The standard InChI is InChI=1S/C18H21NO2/c1-3-9-15(14-10-5-4-6-11-14)18(20)19-16-12-7-8-13-17(16)21-2/h4-8,10-13,15H,3,9H2,1-2H3,(H,19,20). The van der Waals surface area contributed by atoms with Crippen molar-refractivity contribution in [1.82, 2.24) is 0 Å². The molecule has 1 unspecified atom stereocenters. The topological polar surface area (TPSA) is 38.3 Å². The van der Waals surface area contributed by atoms with Gasteiger partial charge in [0.25, 0.3) is 0 Å².